The molecule has 3 aromatic carbocycles. The minimum absolute atomic E-state index is 0.151. The van der Waals surface area contributed by atoms with Crippen LogP contribution in [0.15, 0.2) is 84.9 Å². The van der Waals surface area contributed by atoms with Crippen molar-refractivity contribution in [2.45, 2.75) is 26.2 Å². The number of rotatable bonds is 6. The Bertz CT molecular complexity index is 1120. The Kier molecular flexibility index (Phi) is 5.70. The normalized spacial score (nSPS) is 10.9. The first kappa shape index (κ1) is 19.6. The zero-order valence-corrected chi connectivity index (χ0v) is 17.1. The molecular weight excluding hydrogens is 372 g/mol. The molecule has 0 bridgehead atoms. The zero-order chi connectivity index (χ0) is 20.9. The number of para-hydroxylation sites is 1. The van der Waals surface area contributed by atoms with E-state index in [0.717, 1.165) is 16.9 Å². The molecule has 1 aromatic heterocycles. The molecule has 150 valence electrons. The van der Waals surface area contributed by atoms with Crippen LogP contribution >= 0.6 is 0 Å². The topological polar surface area (TPSA) is 59.8 Å². The first-order chi connectivity index (χ1) is 14.6. The van der Waals surface area contributed by atoms with Gasteiger partial charge in [0.1, 0.15) is 5.82 Å². The van der Waals surface area contributed by atoms with Gasteiger partial charge in [0.05, 0.1) is 5.69 Å². The Morgan fingerprint density at radius 1 is 0.900 bits per heavy atom. The monoisotopic (exact) mass is 396 g/mol. The minimum atomic E-state index is -0.323. The average Bonchev–Trinajstić information content (AvgIpc) is 3.19. The van der Waals surface area contributed by atoms with E-state index < -0.39 is 0 Å². The van der Waals surface area contributed by atoms with Crippen LogP contribution in [0.3, 0.4) is 0 Å². The number of nitrogens with zero attached hydrogens (tertiary/aromatic N) is 3. The van der Waals surface area contributed by atoms with Crippen LogP contribution in [-0.2, 0) is 6.42 Å². The van der Waals surface area contributed by atoms with Crippen LogP contribution in [0.4, 0.5) is 5.69 Å². The van der Waals surface area contributed by atoms with E-state index in [1.54, 1.807) is 4.68 Å². The van der Waals surface area contributed by atoms with Gasteiger partial charge in [0, 0.05) is 12.1 Å². The van der Waals surface area contributed by atoms with Gasteiger partial charge in [-0.15, -0.1) is 5.10 Å². The number of benzene rings is 3. The van der Waals surface area contributed by atoms with E-state index in [1.807, 2.05) is 84.9 Å². The maximum Gasteiger partial charge on any atom is 0.295 e. The molecule has 5 nitrogen and oxygen atoms in total. The predicted molar refractivity (Wildman–Crippen MR) is 119 cm³/mol. The highest BCUT2D eigenvalue weighted by atomic mass is 16.2. The van der Waals surface area contributed by atoms with Gasteiger partial charge in [-0.1, -0.05) is 74.5 Å². The van der Waals surface area contributed by atoms with Crippen molar-refractivity contribution in [2.24, 2.45) is 0 Å². The molecule has 0 aliphatic rings. The van der Waals surface area contributed by atoms with Crippen LogP contribution in [0.25, 0.3) is 5.69 Å². The van der Waals surface area contributed by atoms with Crippen molar-refractivity contribution >= 4 is 11.6 Å². The van der Waals surface area contributed by atoms with Gasteiger partial charge in [0.25, 0.3) is 5.91 Å². The molecule has 0 saturated carbocycles. The molecule has 1 N–H and O–H groups in total. The van der Waals surface area contributed by atoms with E-state index in [4.69, 9.17) is 0 Å². The lowest BCUT2D eigenvalue weighted by atomic mass is 10.0. The molecule has 0 aliphatic heterocycles. The molecule has 0 spiro atoms. The summed E-state index contributed by atoms with van der Waals surface area (Å²) in [5.74, 6) is 0.986. The molecule has 5 heteroatoms. The lowest BCUT2D eigenvalue weighted by Crippen LogP contribution is -2.14. The summed E-state index contributed by atoms with van der Waals surface area (Å²) >= 11 is 0. The van der Waals surface area contributed by atoms with Crippen molar-refractivity contribution in [1.29, 1.82) is 0 Å². The van der Waals surface area contributed by atoms with Crippen LogP contribution in [-0.4, -0.2) is 20.7 Å². The van der Waals surface area contributed by atoms with E-state index in [1.165, 1.54) is 5.56 Å². The SMILES string of the molecule is CC(C)c1ccc(NC(=O)c2nc(Cc3ccccc3)n(-c3ccccc3)n2)cc1. The average molecular weight is 396 g/mol. The largest absolute Gasteiger partial charge is 0.319 e. The van der Waals surface area contributed by atoms with Crippen molar-refractivity contribution in [2.75, 3.05) is 5.32 Å². The summed E-state index contributed by atoms with van der Waals surface area (Å²) in [4.78, 5) is 17.4. The molecule has 1 heterocycles. The molecule has 0 aliphatic carbocycles. The van der Waals surface area contributed by atoms with Crippen LogP contribution < -0.4 is 5.32 Å². The van der Waals surface area contributed by atoms with E-state index in [9.17, 15) is 4.79 Å². The van der Waals surface area contributed by atoms with Crippen molar-refractivity contribution < 1.29 is 4.79 Å². The Labute approximate surface area is 176 Å². The molecule has 1 amide bonds. The quantitative estimate of drug-likeness (QED) is 0.485. The maximum absolute atomic E-state index is 12.8. The second kappa shape index (κ2) is 8.74. The van der Waals surface area contributed by atoms with Gasteiger partial charge in [-0.25, -0.2) is 9.67 Å². The summed E-state index contributed by atoms with van der Waals surface area (Å²) in [5, 5.41) is 7.41. The lowest BCUT2D eigenvalue weighted by Gasteiger charge is -2.07. The van der Waals surface area contributed by atoms with Crippen molar-refractivity contribution in [3.63, 3.8) is 0 Å². The Hall–Kier alpha value is -3.73. The van der Waals surface area contributed by atoms with Crippen LogP contribution in [0.5, 0.6) is 0 Å². The number of carbonyl (C=O) groups excluding carboxylic acids is 1. The van der Waals surface area contributed by atoms with E-state index in [-0.39, 0.29) is 11.7 Å². The number of nitrogens with one attached hydrogen (secondary N) is 1. The van der Waals surface area contributed by atoms with E-state index in [0.29, 0.717) is 18.2 Å². The Balaban J connectivity index is 1.62. The second-order valence-electron chi connectivity index (χ2n) is 7.49. The zero-order valence-electron chi connectivity index (χ0n) is 17.1. The standard InChI is InChI=1S/C25H24N4O/c1-18(2)20-13-15-21(16-14-20)26-25(30)24-27-23(17-19-9-5-3-6-10-19)29(28-24)22-11-7-4-8-12-22/h3-16,18H,17H2,1-2H3,(H,26,30). The summed E-state index contributed by atoms with van der Waals surface area (Å²) < 4.78 is 1.74. The number of amides is 1. The first-order valence-corrected chi connectivity index (χ1v) is 10.1. The van der Waals surface area contributed by atoms with Gasteiger partial charge in [0.15, 0.2) is 0 Å². The van der Waals surface area contributed by atoms with Gasteiger partial charge in [-0.3, -0.25) is 4.79 Å². The first-order valence-electron chi connectivity index (χ1n) is 10.1. The smallest absolute Gasteiger partial charge is 0.295 e. The molecule has 0 radical (unpaired) electrons. The minimum Gasteiger partial charge on any atom is -0.319 e. The third-order valence-electron chi connectivity index (χ3n) is 4.92. The van der Waals surface area contributed by atoms with Gasteiger partial charge in [-0.2, -0.15) is 0 Å². The highest BCUT2D eigenvalue weighted by Crippen LogP contribution is 2.18. The fraction of sp³-hybridized carbons (Fsp3) is 0.160. The van der Waals surface area contributed by atoms with Crippen LogP contribution in [0.1, 0.15) is 47.3 Å². The summed E-state index contributed by atoms with van der Waals surface area (Å²) in [6, 6.07) is 27.7. The van der Waals surface area contributed by atoms with Crippen molar-refractivity contribution in [3.8, 4) is 5.69 Å². The summed E-state index contributed by atoms with van der Waals surface area (Å²) in [7, 11) is 0. The molecule has 4 aromatic rings. The van der Waals surface area contributed by atoms with Gasteiger partial charge < -0.3 is 5.32 Å². The predicted octanol–water partition coefficient (Wildman–Crippen LogP) is 5.23. The van der Waals surface area contributed by atoms with E-state index in [2.05, 4.69) is 29.2 Å². The highest BCUT2D eigenvalue weighted by Gasteiger charge is 2.18. The van der Waals surface area contributed by atoms with Gasteiger partial charge in [-0.05, 0) is 41.3 Å². The highest BCUT2D eigenvalue weighted by molar-refractivity contribution is 6.01. The summed E-state index contributed by atoms with van der Waals surface area (Å²) in [5.41, 5.74) is 3.93. The lowest BCUT2D eigenvalue weighted by molar-refractivity contribution is 0.101. The molecular formula is C25H24N4O. The molecule has 0 unspecified atom stereocenters. The molecule has 0 saturated heterocycles. The Morgan fingerprint density at radius 2 is 1.53 bits per heavy atom. The number of carbonyl (C=O) groups is 1. The van der Waals surface area contributed by atoms with Crippen LogP contribution in [0, 0.1) is 0 Å². The molecule has 0 fully saturated rings. The van der Waals surface area contributed by atoms with Crippen LogP contribution in [0.2, 0.25) is 0 Å². The van der Waals surface area contributed by atoms with E-state index >= 15 is 0 Å². The molecule has 30 heavy (non-hydrogen) atoms. The maximum atomic E-state index is 12.8. The summed E-state index contributed by atoms with van der Waals surface area (Å²) in [6.07, 6.45) is 0.582. The number of hydrogen-bond acceptors (Lipinski definition) is 3. The third-order valence-corrected chi connectivity index (χ3v) is 4.92. The molecule has 0 atom stereocenters. The fourth-order valence-corrected chi connectivity index (χ4v) is 3.25. The molecule has 4 rings (SSSR count). The van der Waals surface area contributed by atoms with Crippen molar-refractivity contribution in [3.05, 3.63) is 108 Å². The Morgan fingerprint density at radius 3 is 2.17 bits per heavy atom. The summed E-state index contributed by atoms with van der Waals surface area (Å²) in [6.45, 7) is 4.28. The number of anilines is 1. The second-order valence-corrected chi connectivity index (χ2v) is 7.49. The third kappa shape index (κ3) is 4.46. The van der Waals surface area contributed by atoms with Gasteiger partial charge >= 0.3 is 0 Å². The van der Waals surface area contributed by atoms with Crippen molar-refractivity contribution in [1.82, 2.24) is 14.8 Å². The van der Waals surface area contributed by atoms with Gasteiger partial charge in [0.2, 0.25) is 5.82 Å². The fourth-order valence-electron chi connectivity index (χ4n) is 3.25. The number of hydrogen-bond donors (Lipinski definition) is 1. The number of aromatic nitrogens is 3.